The van der Waals surface area contributed by atoms with Crippen molar-refractivity contribution >= 4 is 10.9 Å². The lowest BCUT2D eigenvalue weighted by atomic mass is 10.1. The lowest BCUT2D eigenvalue weighted by molar-refractivity contribution is 0.355. The molecule has 1 heterocycles. The molecule has 0 saturated carbocycles. The van der Waals surface area contributed by atoms with Gasteiger partial charge in [0.2, 0.25) is 0 Å². The lowest BCUT2D eigenvalue weighted by Gasteiger charge is -2.10. The van der Waals surface area contributed by atoms with Crippen LogP contribution in [0.3, 0.4) is 0 Å². The molecule has 0 aliphatic rings. The quantitative estimate of drug-likeness (QED) is 0.901. The van der Waals surface area contributed by atoms with Crippen molar-refractivity contribution in [1.82, 2.24) is 4.57 Å². The smallest absolute Gasteiger partial charge is 0.162 e. The maximum absolute atomic E-state index is 5.62. The Morgan fingerprint density at radius 1 is 1.11 bits per heavy atom. The van der Waals surface area contributed by atoms with Gasteiger partial charge in [-0.25, -0.2) is 0 Å². The van der Waals surface area contributed by atoms with Crippen molar-refractivity contribution in [3.63, 3.8) is 0 Å². The Hall–Kier alpha value is -1.68. The van der Waals surface area contributed by atoms with E-state index in [-0.39, 0.29) is 0 Å². The molecular formula is C15H22N2O2. The fourth-order valence-electron chi connectivity index (χ4n) is 2.51. The highest BCUT2D eigenvalue weighted by Gasteiger charge is 2.14. The fraction of sp³-hybridized carbons (Fsp3) is 0.467. The lowest BCUT2D eigenvalue weighted by Crippen LogP contribution is -2.07. The van der Waals surface area contributed by atoms with E-state index < -0.39 is 0 Å². The number of hydrogen-bond acceptors (Lipinski definition) is 3. The molecule has 1 aromatic heterocycles. The number of methoxy groups -OCH3 is 2. The number of fused-ring (bicyclic) bond motifs is 1. The zero-order valence-electron chi connectivity index (χ0n) is 12.1. The van der Waals surface area contributed by atoms with Gasteiger partial charge in [0.15, 0.2) is 11.5 Å². The number of nitrogens with zero attached hydrogens (tertiary/aromatic N) is 1. The number of rotatable bonds is 5. The predicted molar refractivity (Wildman–Crippen MR) is 78.2 cm³/mol. The van der Waals surface area contributed by atoms with Gasteiger partial charge in [-0.3, -0.25) is 0 Å². The first-order valence-corrected chi connectivity index (χ1v) is 6.55. The first kappa shape index (κ1) is 13.7. The van der Waals surface area contributed by atoms with Crippen molar-refractivity contribution < 1.29 is 9.47 Å². The van der Waals surface area contributed by atoms with Crippen molar-refractivity contribution in [3.05, 3.63) is 23.4 Å². The van der Waals surface area contributed by atoms with Crippen LogP contribution in [0.15, 0.2) is 12.1 Å². The maximum Gasteiger partial charge on any atom is 0.162 e. The van der Waals surface area contributed by atoms with Crippen molar-refractivity contribution in [3.8, 4) is 11.5 Å². The van der Waals surface area contributed by atoms with Crippen LogP contribution in [-0.2, 0) is 6.54 Å². The molecule has 0 atom stereocenters. The van der Waals surface area contributed by atoms with Crippen LogP contribution >= 0.6 is 0 Å². The molecule has 19 heavy (non-hydrogen) atoms. The number of hydrogen-bond donors (Lipinski definition) is 1. The van der Waals surface area contributed by atoms with Crippen LogP contribution in [-0.4, -0.2) is 25.3 Å². The van der Waals surface area contributed by atoms with Crippen LogP contribution in [0, 0.1) is 13.8 Å². The third-order valence-corrected chi connectivity index (χ3v) is 3.73. The molecule has 2 aromatic rings. The van der Waals surface area contributed by atoms with E-state index in [0.717, 1.165) is 24.5 Å². The second kappa shape index (κ2) is 5.53. The number of aryl methyl sites for hydroxylation is 2. The van der Waals surface area contributed by atoms with Gasteiger partial charge in [-0.1, -0.05) is 0 Å². The predicted octanol–water partition coefficient (Wildman–Crippen LogP) is 2.62. The topological polar surface area (TPSA) is 49.4 Å². The molecule has 0 fully saturated rings. The summed E-state index contributed by atoms with van der Waals surface area (Å²) in [6, 6.07) is 4.10. The molecule has 0 bridgehead atoms. The summed E-state index contributed by atoms with van der Waals surface area (Å²) in [7, 11) is 3.33. The number of benzene rings is 1. The van der Waals surface area contributed by atoms with Crippen LogP contribution in [0.5, 0.6) is 11.5 Å². The summed E-state index contributed by atoms with van der Waals surface area (Å²) < 4.78 is 13.1. The first-order chi connectivity index (χ1) is 9.13. The number of aromatic nitrogens is 1. The van der Waals surface area contributed by atoms with E-state index in [4.69, 9.17) is 15.2 Å². The van der Waals surface area contributed by atoms with E-state index in [2.05, 4.69) is 24.5 Å². The molecule has 0 spiro atoms. The monoisotopic (exact) mass is 262 g/mol. The van der Waals surface area contributed by atoms with E-state index in [1.165, 1.54) is 22.2 Å². The van der Waals surface area contributed by atoms with Gasteiger partial charge in [0, 0.05) is 23.7 Å². The maximum atomic E-state index is 5.62. The highest BCUT2D eigenvalue weighted by atomic mass is 16.5. The molecule has 0 saturated heterocycles. The standard InChI is InChI=1S/C15H22N2O2/c1-10-11(2)17(7-5-6-16)13-9-15(19-4)14(18-3)8-12(10)13/h8-9H,5-7,16H2,1-4H3. The highest BCUT2D eigenvalue weighted by molar-refractivity contribution is 5.88. The Balaban J connectivity index is 2.65. The van der Waals surface area contributed by atoms with E-state index in [1.807, 2.05) is 6.07 Å². The third kappa shape index (κ3) is 2.28. The van der Waals surface area contributed by atoms with Gasteiger partial charge in [-0.2, -0.15) is 0 Å². The molecule has 2 rings (SSSR count). The second-order valence-electron chi connectivity index (χ2n) is 4.73. The summed E-state index contributed by atoms with van der Waals surface area (Å²) in [5.41, 5.74) is 9.36. The molecule has 0 unspecified atom stereocenters. The fourth-order valence-corrected chi connectivity index (χ4v) is 2.51. The molecule has 4 heteroatoms. The van der Waals surface area contributed by atoms with E-state index in [0.29, 0.717) is 6.54 Å². The normalized spacial score (nSPS) is 11.0. The summed E-state index contributed by atoms with van der Waals surface area (Å²) >= 11 is 0. The summed E-state index contributed by atoms with van der Waals surface area (Å²) in [6.07, 6.45) is 0.971. The molecule has 0 aliphatic heterocycles. The van der Waals surface area contributed by atoms with Crippen molar-refractivity contribution in [2.24, 2.45) is 5.73 Å². The molecule has 2 N–H and O–H groups in total. The largest absolute Gasteiger partial charge is 0.493 e. The molecule has 104 valence electrons. The van der Waals surface area contributed by atoms with Crippen molar-refractivity contribution in [1.29, 1.82) is 0 Å². The average Bonchev–Trinajstić information content (AvgIpc) is 2.67. The Morgan fingerprint density at radius 3 is 2.32 bits per heavy atom. The summed E-state index contributed by atoms with van der Waals surface area (Å²) in [6.45, 7) is 5.92. The van der Waals surface area contributed by atoms with Gasteiger partial charge in [0.1, 0.15) is 0 Å². The molecule has 0 radical (unpaired) electrons. The molecule has 0 amide bonds. The van der Waals surface area contributed by atoms with Crippen molar-refractivity contribution in [2.45, 2.75) is 26.8 Å². The molecule has 4 nitrogen and oxygen atoms in total. The average molecular weight is 262 g/mol. The number of nitrogens with two attached hydrogens (primary N) is 1. The Labute approximate surface area is 114 Å². The molecule has 1 aromatic carbocycles. The SMILES string of the molecule is COc1cc2c(C)c(C)n(CCCN)c2cc1OC. The summed E-state index contributed by atoms with van der Waals surface area (Å²) in [4.78, 5) is 0. The summed E-state index contributed by atoms with van der Waals surface area (Å²) in [5, 5.41) is 1.21. The van der Waals surface area contributed by atoms with Gasteiger partial charge in [-0.15, -0.1) is 0 Å². The minimum absolute atomic E-state index is 0.700. The minimum Gasteiger partial charge on any atom is -0.493 e. The van der Waals surface area contributed by atoms with Crippen LogP contribution in [0.2, 0.25) is 0 Å². The zero-order valence-corrected chi connectivity index (χ0v) is 12.1. The van der Waals surface area contributed by atoms with Gasteiger partial charge in [0.05, 0.1) is 19.7 Å². The second-order valence-corrected chi connectivity index (χ2v) is 4.73. The van der Waals surface area contributed by atoms with Gasteiger partial charge in [-0.05, 0) is 38.4 Å². The van der Waals surface area contributed by atoms with Crippen LogP contribution in [0.25, 0.3) is 10.9 Å². The highest BCUT2D eigenvalue weighted by Crippen LogP contribution is 2.36. The number of ether oxygens (including phenoxy) is 2. The minimum atomic E-state index is 0.700. The van der Waals surface area contributed by atoms with Crippen LogP contribution in [0.4, 0.5) is 0 Å². The Kier molecular flexibility index (Phi) is 4.00. The van der Waals surface area contributed by atoms with Gasteiger partial charge >= 0.3 is 0 Å². The first-order valence-electron chi connectivity index (χ1n) is 6.55. The zero-order chi connectivity index (χ0) is 14.0. The van der Waals surface area contributed by atoms with Crippen LogP contribution in [0.1, 0.15) is 17.7 Å². The summed E-state index contributed by atoms with van der Waals surface area (Å²) in [5.74, 6) is 1.54. The van der Waals surface area contributed by atoms with E-state index in [1.54, 1.807) is 14.2 Å². The van der Waals surface area contributed by atoms with Gasteiger partial charge < -0.3 is 19.8 Å². The van der Waals surface area contributed by atoms with E-state index in [9.17, 15) is 0 Å². The Bertz CT molecular complexity index is 588. The van der Waals surface area contributed by atoms with Gasteiger partial charge in [0.25, 0.3) is 0 Å². The third-order valence-electron chi connectivity index (χ3n) is 3.73. The Morgan fingerprint density at radius 2 is 1.74 bits per heavy atom. The molecule has 0 aliphatic carbocycles. The van der Waals surface area contributed by atoms with Crippen molar-refractivity contribution in [2.75, 3.05) is 20.8 Å². The molecular weight excluding hydrogens is 240 g/mol. The van der Waals surface area contributed by atoms with Crippen LogP contribution < -0.4 is 15.2 Å². The van der Waals surface area contributed by atoms with E-state index >= 15 is 0 Å².